The van der Waals surface area contributed by atoms with Crippen LogP contribution in [0.1, 0.15) is 52.6 Å². The smallest absolute Gasteiger partial charge is 0.343 e. The van der Waals surface area contributed by atoms with Gasteiger partial charge in [0.2, 0.25) is 5.69 Å². The van der Waals surface area contributed by atoms with Gasteiger partial charge in [-0.3, -0.25) is 14.4 Å². The number of carbonyl (C=O) groups excluding carboxylic acids is 2. The molecule has 0 bridgehead atoms. The minimum atomic E-state index is -1.14. The molecule has 0 fully saturated rings. The molecule has 1 aliphatic heterocycles. The third-order valence-electron chi connectivity index (χ3n) is 14.0. The Bertz CT molecular complexity index is 4110. The highest BCUT2D eigenvalue weighted by molar-refractivity contribution is 7.99. The van der Waals surface area contributed by atoms with Crippen molar-refractivity contribution in [2.75, 3.05) is 57.0 Å². The molecule has 3 aromatic heterocycles. The largest absolute Gasteiger partial charge is 0.508 e. The van der Waals surface area contributed by atoms with Crippen molar-refractivity contribution in [2.24, 2.45) is 0 Å². The van der Waals surface area contributed by atoms with E-state index in [0.717, 1.165) is 32.4 Å². The Hall–Kier alpha value is -10.3. The highest BCUT2D eigenvalue weighted by Gasteiger charge is 2.39. The summed E-state index contributed by atoms with van der Waals surface area (Å²) < 4.78 is 11.9. The first-order valence-electron chi connectivity index (χ1n) is 25.9. The van der Waals surface area contributed by atoms with E-state index in [4.69, 9.17) is 4.42 Å². The van der Waals surface area contributed by atoms with E-state index in [1.165, 1.54) is 36.0 Å². The molecule has 0 saturated carbocycles. The second-order valence-corrected chi connectivity index (χ2v) is 21.0. The second-order valence-electron chi connectivity index (χ2n) is 20.0. The van der Waals surface area contributed by atoms with Crippen molar-refractivity contribution >= 4 is 63.5 Å². The van der Waals surface area contributed by atoms with E-state index >= 15 is 0 Å². The van der Waals surface area contributed by atoms with Crippen LogP contribution in [-0.2, 0) is 13.1 Å². The average molecular weight is 1110 g/mol. The lowest BCUT2D eigenvalue weighted by Gasteiger charge is -2.19. The maximum atomic E-state index is 13.7. The van der Waals surface area contributed by atoms with Crippen LogP contribution in [-0.4, -0.2) is 81.4 Å². The Morgan fingerprint density at radius 3 is 1.63 bits per heavy atom. The van der Waals surface area contributed by atoms with Gasteiger partial charge in [-0.2, -0.15) is 13.7 Å². The van der Waals surface area contributed by atoms with Crippen molar-refractivity contribution in [2.45, 2.75) is 22.9 Å². The fraction of sp³-hybridized carbons (Fsp3) is 0.125. The van der Waals surface area contributed by atoms with Gasteiger partial charge in [-0.1, -0.05) is 42.1 Å². The molecule has 2 aliphatic rings. The van der Waals surface area contributed by atoms with Crippen molar-refractivity contribution in [3.8, 4) is 45.3 Å². The molecule has 410 valence electrons. The molecule has 0 unspecified atom stereocenters. The zero-order chi connectivity index (χ0) is 57.9. The number of phenols is 1. The fourth-order valence-electron chi connectivity index (χ4n) is 9.64. The Morgan fingerprint density at radius 2 is 1.07 bits per heavy atom. The third kappa shape index (κ3) is 11.3. The molecule has 0 radical (unpaired) electrons. The van der Waals surface area contributed by atoms with Gasteiger partial charge in [0.25, 0.3) is 17.5 Å². The number of pyridine rings is 3. The SMILES string of the molecule is CN(C)c1cc[n+](-c2cc(C(=O)O)c(-[n+]3ccc(N(C)C)cc3)c(-[n+]3ccc(N(C)C)cc3)c2Sc2ccc(C(=O)NCc3ccc(C(=O)NCc4c5oc6cc(O)ccc6c(-c6ccccc6C(=O)O)c-5ccc4=O)cc3)cc2)cc1. The number of aromatic nitrogens is 3. The lowest BCUT2D eigenvalue weighted by molar-refractivity contribution is -0.637. The van der Waals surface area contributed by atoms with Gasteiger partial charge >= 0.3 is 17.6 Å². The number of rotatable bonds is 17. The van der Waals surface area contributed by atoms with Crippen molar-refractivity contribution in [1.29, 1.82) is 0 Å². The number of hydrogen-bond donors (Lipinski definition) is 5. The Balaban J connectivity index is 0.888. The maximum Gasteiger partial charge on any atom is 0.343 e. The Kier molecular flexibility index (Phi) is 15.5. The molecule has 5 aromatic carbocycles. The first-order valence-corrected chi connectivity index (χ1v) is 26.7. The van der Waals surface area contributed by atoms with Gasteiger partial charge in [-0.05, 0) is 77.9 Å². The summed E-state index contributed by atoms with van der Waals surface area (Å²) in [6, 6.07) is 41.2. The predicted molar refractivity (Wildman–Crippen MR) is 313 cm³/mol. The number of carboxylic acids is 2. The van der Waals surface area contributed by atoms with E-state index in [9.17, 15) is 39.3 Å². The lowest BCUT2D eigenvalue weighted by Crippen LogP contribution is -2.43. The lowest BCUT2D eigenvalue weighted by atomic mass is 9.89. The van der Waals surface area contributed by atoms with E-state index < -0.39 is 23.3 Å². The number of fused-ring (bicyclic) bond motifs is 2. The molecule has 4 heterocycles. The highest BCUT2D eigenvalue weighted by atomic mass is 32.2. The highest BCUT2D eigenvalue weighted by Crippen LogP contribution is 2.43. The van der Waals surface area contributed by atoms with E-state index in [1.54, 1.807) is 72.8 Å². The summed E-state index contributed by atoms with van der Waals surface area (Å²) in [4.78, 5) is 74.0. The van der Waals surface area contributed by atoms with E-state index in [1.807, 2.05) is 156 Å². The molecular weight excluding hydrogens is 1060 g/mol. The third-order valence-corrected chi connectivity index (χ3v) is 15.1. The van der Waals surface area contributed by atoms with Crippen LogP contribution in [0.15, 0.2) is 202 Å². The number of nitrogens with one attached hydrogen (secondary N) is 2. The number of aromatic hydroxyl groups is 1. The second kappa shape index (κ2) is 23.2. The number of amides is 2. The van der Waals surface area contributed by atoms with Crippen LogP contribution < -0.4 is 44.5 Å². The number of aromatic carboxylic acids is 2. The number of benzene rings is 6. The fourth-order valence-corrected chi connectivity index (χ4v) is 10.7. The summed E-state index contributed by atoms with van der Waals surface area (Å²) in [5.74, 6) is -3.02. The summed E-state index contributed by atoms with van der Waals surface area (Å²) in [7, 11) is 11.7. The van der Waals surface area contributed by atoms with Crippen LogP contribution >= 0.6 is 11.8 Å². The minimum absolute atomic E-state index is 0.0341. The number of carboxylic acid groups (broad SMARTS) is 2. The quantitative estimate of drug-likeness (QED) is 0.0428. The van der Waals surface area contributed by atoms with Crippen LogP contribution in [0.4, 0.5) is 17.1 Å². The number of anilines is 3. The molecule has 82 heavy (non-hydrogen) atoms. The van der Waals surface area contributed by atoms with Gasteiger partial charge in [-0.15, -0.1) is 0 Å². The average Bonchev–Trinajstić information content (AvgIpc) is 3.07. The molecule has 0 atom stereocenters. The zero-order valence-corrected chi connectivity index (χ0v) is 46.4. The van der Waals surface area contributed by atoms with Crippen LogP contribution in [0.5, 0.6) is 5.75 Å². The summed E-state index contributed by atoms with van der Waals surface area (Å²) >= 11 is 1.44. The molecule has 0 saturated heterocycles. The van der Waals surface area contributed by atoms with Crippen LogP contribution in [0.25, 0.3) is 50.5 Å². The van der Waals surface area contributed by atoms with Gasteiger partial charge in [0.15, 0.2) is 47.5 Å². The normalized spacial score (nSPS) is 11.1. The van der Waals surface area contributed by atoms with Gasteiger partial charge in [0, 0.05) is 147 Å². The van der Waals surface area contributed by atoms with Gasteiger partial charge < -0.3 is 45.1 Å². The predicted octanol–water partition coefficient (Wildman–Crippen LogP) is 8.71. The molecule has 17 nitrogen and oxygen atoms in total. The summed E-state index contributed by atoms with van der Waals surface area (Å²) in [5.41, 5.74) is 7.34. The van der Waals surface area contributed by atoms with Crippen molar-refractivity contribution in [3.63, 3.8) is 0 Å². The molecule has 1 aliphatic carbocycles. The number of hydrogen-bond acceptors (Lipinski definition) is 11. The Labute approximate surface area is 476 Å². The van der Waals surface area contributed by atoms with Gasteiger partial charge in [-0.25, -0.2) is 9.59 Å². The van der Waals surface area contributed by atoms with E-state index in [2.05, 4.69) is 10.6 Å². The summed E-state index contributed by atoms with van der Waals surface area (Å²) in [6.07, 6.45) is 11.4. The minimum Gasteiger partial charge on any atom is -0.508 e. The van der Waals surface area contributed by atoms with Crippen LogP contribution in [0.3, 0.4) is 0 Å². The molecular formula is C64H57N8O9S+3. The van der Waals surface area contributed by atoms with Crippen molar-refractivity contribution in [1.82, 2.24) is 10.6 Å². The summed E-state index contributed by atoms with van der Waals surface area (Å²) in [6.45, 7) is -0.0753. The zero-order valence-electron chi connectivity index (χ0n) is 45.6. The topological polar surface area (TPSA) is 205 Å². The number of nitrogens with zero attached hydrogens (tertiary/aromatic N) is 6. The van der Waals surface area contributed by atoms with Gasteiger partial charge in [0.1, 0.15) is 22.7 Å². The first kappa shape index (κ1) is 55.0. The van der Waals surface area contributed by atoms with Crippen molar-refractivity contribution < 1.29 is 52.6 Å². The summed E-state index contributed by atoms with van der Waals surface area (Å²) in [5, 5.41) is 37.8. The number of phenolic OH excluding ortho intramolecular Hbond substituents is 1. The van der Waals surface area contributed by atoms with Crippen LogP contribution in [0, 0.1) is 0 Å². The van der Waals surface area contributed by atoms with Gasteiger partial charge in [0.05, 0.1) is 17.7 Å². The molecule has 5 N–H and O–H groups in total. The molecule has 10 rings (SSSR count). The maximum absolute atomic E-state index is 13.7. The Morgan fingerprint density at radius 1 is 0.549 bits per heavy atom. The van der Waals surface area contributed by atoms with E-state index in [0.29, 0.717) is 50.3 Å². The number of carbonyl (C=O) groups is 4. The van der Waals surface area contributed by atoms with E-state index in [-0.39, 0.29) is 52.8 Å². The van der Waals surface area contributed by atoms with Crippen LogP contribution in [0.2, 0.25) is 0 Å². The van der Waals surface area contributed by atoms with Crippen molar-refractivity contribution in [3.05, 3.63) is 226 Å². The monoisotopic (exact) mass is 1110 g/mol. The molecule has 0 spiro atoms. The standard InChI is InChI=1S/C64H54N8O9S/c1-67(2)42-23-29-70(30-24-42)53-36-51(64(79)80)57(71-31-25-43(26-32-71)68(3)4)58(72-33-27-44(28-34-72)69(5)6)60(53)82-46-18-15-41(16-19-46)61(75)65-37-39-11-13-40(14-12-39)62(76)66-38-52-54(74)22-21-50-56(47-9-7-8-10-48(47)63(77)78)49-20-17-45(73)35-55(49)81-59(50)52/h7-36H,37-38H2,1-6H3,(H2-3,65,66,73,74,75,76,77,78,79,80)/p+3. The molecule has 8 aromatic rings. The molecule has 18 heteroatoms. The molecule has 2 amide bonds. The first-order chi connectivity index (χ1) is 39.4.